The molecule has 0 atom stereocenters. The molecule has 5 heteroatoms. The Morgan fingerprint density at radius 1 is 1.21 bits per heavy atom. The van der Waals surface area contributed by atoms with Gasteiger partial charge in [0, 0.05) is 0 Å². The number of rotatable bonds is 7. The molecule has 0 saturated heterocycles. The zero-order valence-electron chi connectivity index (χ0n) is 10.1. The molecule has 0 aromatic heterocycles. The molecular weight excluding hydrogens is 211 g/mol. The maximum atomic E-state index is 10.3. The minimum Gasteiger partial charge on any atom is -1.00 e. The van der Waals surface area contributed by atoms with Crippen LogP contribution in [0.3, 0.4) is 0 Å². The Hall–Kier alpha value is 0.650. The van der Waals surface area contributed by atoms with Crippen LogP contribution in [0, 0.1) is 0 Å². The van der Waals surface area contributed by atoms with E-state index in [9.17, 15) is 8.42 Å². The molecule has 0 spiro atoms. The van der Waals surface area contributed by atoms with Gasteiger partial charge in [-0.05, 0) is 12.8 Å². The fraction of sp³-hybridized carbons (Fsp3) is 0.778. The van der Waals surface area contributed by atoms with Crippen molar-refractivity contribution >= 4 is 10.1 Å². The van der Waals surface area contributed by atoms with Crippen molar-refractivity contribution in [2.75, 3.05) is 5.75 Å². The van der Waals surface area contributed by atoms with Crippen LogP contribution in [0.1, 0.15) is 40.5 Å². The quantitative estimate of drug-likeness (QED) is 0.278. The van der Waals surface area contributed by atoms with Crippen molar-refractivity contribution in [1.82, 2.24) is 0 Å². The monoisotopic (exact) mass is 230 g/mol. The largest absolute Gasteiger partial charge is 1.00 e. The van der Waals surface area contributed by atoms with E-state index in [1.165, 1.54) is 25.3 Å². The summed E-state index contributed by atoms with van der Waals surface area (Å²) in [7, 11) is -3.81. The van der Waals surface area contributed by atoms with E-state index in [0.29, 0.717) is 0 Å². The van der Waals surface area contributed by atoms with E-state index in [1.54, 1.807) is 0 Å². The first-order valence-electron chi connectivity index (χ1n) is 4.66. The molecule has 14 heavy (non-hydrogen) atoms. The maximum Gasteiger partial charge on any atom is 1.00 e. The Kier molecular flexibility index (Phi) is 12.4. The van der Waals surface area contributed by atoms with Crippen LogP contribution in [0.2, 0.25) is 0 Å². The average molecular weight is 230 g/mol. The van der Waals surface area contributed by atoms with Crippen molar-refractivity contribution < 1.29 is 44.0 Å². The minimum atomic E-state index is -3.81. The second-order valence-corrected chi connectivity index (χ2v) is 4.57. The summed E-state index contributed by atoms with van der Waals surface area (Å²) in [4.78, 5) is 0. The summed E-state index contributed by atoms with van der Waals surface area (Å²) in [6.07, 6.45) is 8.92. The predicted octanol–water partition coefficient (Wildman–Crippen LogP) is -0.483. The van der Waals surface area contributed by atoms with Gasteiger partial charge in [0.1, 0.15) is 0 Å². The Morgan fingerprint density at radius 3 is 2.36 bits per heavy atom. The Bertz CT molecular complexity index is 240. The number of allylic oxidation sites excluding steroid dienone is 1. The fourth-order valence-corrected chi connectivity index (χ4v) is 1.38. The molecule has 0 heterocycles. The first-order chi connectivity index (χ1) is 6.06. The summed E-state index contributed by atoms with van der Waals surface area (Å²) >= 11 is 0. The van der Waals surface area contributed by atoms with Gasteiger partial charge in [-0.1, -0.05) is 38.3 Å². The van der Waals surface area contributed by atoms with E-state index in [4.69, 9.17) is 4.55 Å². The molecule has 80 valence electrons. The van der Waals surface area contributed by atoms with Gasteiger partial charge in [0.15, 0.2) is 0 Å². The summed E-state index contributed by atoms with van der Waals surface area (Å²) in [5, 5.41) is 0. The fourth-order valence-electron chi connectivity index (χ4n) is 0.996. The first kappa shape index (κ1) is 17.1. The van der Waals surface area contributed by atoms with Crippen LogP contribution in [0.25, 0.3) is 0 Å². The minimum absolute atomic E-state index is 0. The van der Waals surface area contributed by atoms with E-state index in [2.05, 4.69) is 6.92 Å². The molecule has 1 N–H and O–H groups in total. The third-order valence-electron chi connectivity index (χ3n) is 1.70. The molecule has 0 aliphatic carbocycles. The smallest absolute Gasteiger partial charge is 1.00 e. The Balaban J connectivity index is -0.000000720. The van der Waals surface area contributed by atoms with Crippen LogP contribution in [0.4, 0.5) is 0 Å². The standard InChI is InChI=1S/C9H18O3S.Na.H/c1-2-3-4-5-6-7-8-9-13(10,11)12;;/h7-8H,2-6,9H2,1H3,(H,10,11,12);;/q;+1;-1. The second-order valence-electron chi connectivity index (χ2n) is 3.07. The van der Waals surface area contributed by atoms with Gasteiger partial charge in [0.05, 0.1) is 5.75 Å². The number of hydrogen-bond acceptors (Lipinski definition) is 2. The van der Waals surface area contributed by atoms with Crippen LogP contribution in [-0.2, 0) is 10.1 Å². The summed E-state index contributed by atoms with van der Waals surface area (Å²) < 4.78 is 28.9. The zero-order valence-corrected chi connectivity index (χ0v) is 11.9. The predicted molar refractivity (Wildman–Crippen MR) is 55.4 cm³/mol. The van der Waals surface area contributed by atoms with E-state index < -0.39 is 10.1 Å². The van der Waals surface area contributed by atoms with Gasteiger partial charge >= 0.3 is 29.6 Å². The Morgan fingerprint density at radius 2 is 1.86 bits per heavy atom. The van der Waals surface area contributed by atoms with Gasteiger partial charge in [-0.3, -0.25) is 4.55 Å². The van der Waals surface area contributed by atoms with Crippen LogP contribution >= 0.6 is 0 Å². The second kappa shape index (κ2) is 10.2. The molecule has 0 rings (SSSR count). The maximum absolute atomic E-state index is 10.3. The van der Waals surface area contributed by atoms with Gasteiger partial charge < -0.3 is 1.43 Å². The molecule has 0 saturated carbocycles. The van der Waals surface area contributed by atoms with E-state index in [1.807, 2.05) is 6.08 Å². The molecule has 0 aromatic rings. The van der Waals surface area contributed by atoms with Gasteiger partial charge in [-0.25, -0.2) is 0 Å². The number of hydrogen-bond donors (Lipinski definition) is 1. The number of unbranched alkanes of at least 4 members (excludes halogenated alkanes) is 4. The molecular formula is C9H19NaO3S. The average Bonchev–Trinajstić information content (AvgIpc) is 2.01. The molecule has 0 amide bonds. The van der Waals surface area contributed by atoms with Gasteiger partial charge in [-0.15, -0.1) is 0 Å². The van der Waals surface area contributed by atoms with Crippen molar-refractivity contribution in [3.63, 3.8) is 0 Å². The molecule has 0 fully saturated rings. The summed E-state index contributed by atoms with van der Waals surface area (Å²) in [5.74, 6) is -0.263. The van der Waals surface area contributed by atoms with Crippen molar-refractivity contribution in [2.45, 2.75) is 39.0 Å². The summed E-state index contributed by atoms with van der Waals surface area (Å²) in [6.45, 7) is 2.15. The normalized spacial score (nSPS) is 11.6. The summed E-state index contributed by atoms with van der Waals surface area (Å²) in [5.41, 5.74) is 0. The van der Waals surface area contributed by atoms with E-state index >= 15 is 0 Å². The van der Waals surface area contributed by atoms with Crippen molar-refractivity contribution in [2.24, 2.45) is 0 Å². The topological polar surface area (TPSA) is 54.4 Å². The molecule has 0 unspecified atom stereocenters. The third-order valence-corrected chi connectivity index (χ3v) is 2.31. The van der Waals surface area contributed by atoms with Crippen LogP contribution < -0.4 is 29.6 Å². The SMILES string of the molecule is CCCCCCC=CCS(=O)(=O)O.[H-].[Na+]. The Labute approximate surface area is 110 Å². The van der Waals surface area contributed by atoms with E-state index in [-0.39, 0.29) is 36.7 Å². The molecule has 0 aliphatic rings. The first-order valence-corrected chi connectivity index (χ1v) is 6.27. The van der Waals surface area contributed by atoms with Gasteiger partial charge in [0.25, 0.3) is 10.1 Å². The van der Waals surface area contributed by atoms with Gasteiger partial charge in [0.2, 0.25) is 0 Å². The molecule has 0 aliphatic heterocycles. The molecule has 0 aromatic carbocycles. The van der Waals surface area contributed by atoms with Crippen molar-refractivity contribution in [3.8, 4) is 0 Å². The van der Waals surface area contributed by atoms with Crippen molar-refractivity contribution in [3.05, 3.63) is 12.2 Å². The third kappa shape index (κ3) is 15.1. The molecule has 0 bridgehead atoms. The summed E-state index contributed by atoms with van der Waals surface area (Å²) in [6, 6.07) is 0. The van der Waals surface area contributed by atoms with Crippen LogP contribution in [0.5, 0.6) is 0 Å². The molecule has 0 radical (unpaired) electrons. The van der Waals surface area contributed by atoms with Crippen LogP contribution in [-0.4, -0.2) is 18.7 Å². The van der Waals surface area contributed by atoms with Crippen molar-refractivity contribution in [1.29, 1.82) is 0 Å². The van der Waals surface area contributed by atoms with E-state index in [0.717, 1.165) is 12.8 Å². The van der Waals surface area contributed by atoms with Crippen LogP contribution in [0.15, 0.2) is 12.2 Å². The molecule has 3 nitrogen and oxygen atoms in total. The van der Waals surface area contributed by atoms with Gasteiger partial charge in [-0.2, -0.15) is 8.42 Å². The zero-order chi connectivity index (χ0) is 10.2.